The Labute approximate surface area is 111 Å². The molecule has 0 saturated carbocycles. The Bertz CT molecular complexity index is 299. The van der Waals surface area contributed by atoms with Gasteiger partial charge in [0.15, 0.2) is 0 Å². The molecule has 0 radical (unpaired) electrons. The predicted molar refractivity (Wildman–Crippen MR) is 73.3 cm³/mol. The lowest BCUT2D eigenvalue weighted by molar-refractivity contribution is 0.0143. The number of nitriles is 1. The van der Waals surface area contributed by atoms with Crippen molar-refractivity contribution in [3.8, 4) is 6.07 Å². The summed E-state index contributed by atoms with van der Waals surface area (Å²) in [6.45, 7) is 7.07. The molecule has 102 valence electrons. The van der Waals surface area contributed by atoms with Crippen LogP contribution in [0.25, 0.3) is 0 Å². The lowest BCUT2D eigenvalue weighted by Crippen LogP contribution is -2.59. The van der Waals surface area contributed by atoms with E-state index in [2.05, 4.69) is 28.1 Å². The Morgan fingerprint density at radius 3 is 2.94 bits per heavy atom. The van der Waals surface area contributed by atoms with Gasteiger partial charge in [0.05, 0.1) is 12.1 Å². The Hall–Kier alpha value is -0.630. The van der Waals surface area contributed by atoms with Crippen molar-refractivity contribution in [1.82, 2.24) is 15.1 Å². The maximum Gasteiger partial charge on any atom is 0.0962 e. The fraction of sp³-hybridized carbons (Fsp3) is 0.929. The molecule has 2 aliphatic rings. The highest BCUT2D eigenvalue weighted by Gasteiger charge is 2.32. The van der Waals surface area contributed by atoms with Crippen LogP contribution in [0.5, 0.6) is 0 Å². The van der Waals surface area contributed by atoms with Crippen molar-refractivity contribution < 1.29 is 0 Å². The Kier molecular flexibility index (Phi) is 4.99. The van der Waals surface area contributed by atoms with Gasteiger partial charge in [-0.1, -0.05) is 6.42 Å². The summed E-state index contributed by atoms with van der Waals surface area (Å²) >= 11 is 0. The molecular weight excluding hydrogens is 224 g/mol. The van der Waals surface area contributed by atoms with Gasteiger partial charge in [-0.15, -0.1) is 0 Å². The van der Waals surface area contributed by atoms with Crippen LogP contribution in [-0.2, 0) is 0 Å². The van der Waals surface area contributed by atoms with Crippen molar-refractivity contribution >= 4 is 0 Å². The fourth-order valence-electron chi connectivity index (χ4n) is 3.29. The fourth-order valence-corrected chi connectivity index (χ4v) is 3.29. The van der Waals surface area contributed by atoms with E-state index in [-0.39, 0.29) is 6.04 Å². The van der Waals surface area contributed by atoms with E-state index in [9.17, 15) is 0 Å². The summed E-state index contributed by atoms with van der Waals surface area (Å²) in [6, 6.07) is 3.72. The third-order valence-electron chi connectivity index (χ3n) is 4.53. The van der Waals surface area contributed by atoms with E-state index in [0.717, 1.165) is 19.0 Å². The molecule has 2 aliphatic heterocycles. The molecule has 2 rings (SSSR count). The summed E-state index contributed by atoms with van der Waals surface area (Å²) in [5.74, 6) is 0. The second kappa shape index (κ2) is 6.51. The number of piperidine rings is 1. The van der Waals surface area contributed by atoms with Crippen molar-refractivity contribution in [2.75, 3.05) is 33.2 Å². The Balaban J connectivity index is 1.83. The SMILES string of the molecule is CNC(C#N)CCN1CC2CCCCN2CC1C. The summed E-state index contributed by atoms with van der Waals surface area (Å²) in [4.78, 5) is 5.25. The van der Waals surface area contributed by atoms with E-state index in [0.29, 0.717) is 6.04 Å². The minimum Gasteiger partial charge on any atom is -0.305 e. The van der Waals surface area contributed by atoms with Gasteiger partial charge in [-0.05, 0) is 39.8 Å². The molecule has 2 saturated heterocycles. The topological polar surface area (TPSA) is 42.3 Å². The highest BCUT2D eigenvalue weighted by molar-refractivity contribution is 4.92. The number of rotatable bonds is 4. The van der Waals surface area contributed by atoms with Crippen LogP contribution < -0.4 is 5.32 Å². The van der Waals surface area contributed by atoms with Crippen LogP contribution in [0.15, 0.2) is 0 Å². The van der Waals surface area contributed by atoms with Gasteiger partial charge in [0.2, 0.25) is 0 Å². The van der Waals surface area contributed by atoms with Crippen molar-refractivity contribution in [3.05, 3.63) is 0 Å². The Morgan fingerprint density at radius 1 is 1.39 bits per heavy atom. The highest BCUT2D eigenvalue weighted by atomic mass is 15.3. The summed E-state index contributed by atoms with van der Waals surface area (Å²) in [6.07, 6.45) is 5.06. The van der Waals surface area contributed by atoms with Gasteiger partial charge in [-0.25, -0.2) is 0 Å². The molecule has 0 aliphatic carbocycles. The number of hydrogen-bond donors (Lipinski definition) is 1. The van der Waals surface area contributed by atoms with Crippen LogP contribution in [0.4, 0.5) is 0 Å². The highest BCUT2D eigenvalue weighted by Crippen LogP contribution is 2.24. The van der Waals surface area contributed by atoms with Crippen molar-refractivity contribution in [3.63, 3.8) is 0 Å². The van der Waals surface area contributed by atoms with Gasteiger partial charge >= 0.3 is 0 Å². The third-order valence-corrected chi connectivity index (χ3v) is 4.53. The smallest absolute Gasteiger partial charge is 0.0962 e. The molecule has 4 heteroatoms. The van der Waals surface area contributed by atoms with E-state index in [1.165, 1.54) is 38.9 Å². The van der Waals surface area contributed by atoms with E-state index in [1.807, 2.05) is 7.05 Å². The van der Waals surface area contributed by atoms with Crippen LogP contribution in [0, 0.1) is 11.3 Å². The third kappa shape index (κ3) is 3.23. The zero-order valence-corrected chi connectivity index (χ0v) is 11.7. The first-order valence-corrected chi connectivity index (χ1v) is 7.29. The average molecular weight is 250 g/mol. The zero-order chi connectivity index (χ0) is 13.0. The van der Waals surface area contributed by atoms with E-state index in [4.69, 9.17) is 5.26 Å². The summed E-state index contributed by atoms with van der Waals surface area (Å²) in [5, 5.41) is 12.0. The van der Waals surface area contributed by atoms with Crippen molar-refractivity contribution in [1.29, 1.82) is 5.26 Å². The van der Waals surface area contributed by atoms with Crippen LogP contribution in [0.1, 0.15) is 32.6 Å². The van der Waals surface area contributed by atoms with E-state index >= 15 is 0 Å². The standard InChI is InChI=1S/C14H26N4/c1-12-10-18-7-4-3-5-14(18)11-17(12)8-6-13(9-15)16-2/h12-14,16H,3-8,10-11H2,1-2H3. The van der Waals surface area contributed by atoms with Gasteiger partial charge in [0.1, 0.15) is 0 Å². The molecule has 1 N–H and O–H groups in total. The molecule has 0 amide bonds. The van der Waals surface area contributed by atoms with Crippen LogP contribution >= 0.6 is 0 Å². The molecule has 4 nitrogen and oxygen atoms in total. The quantitative estimate of drug-likeness (QED) is 0.810. The van der Waals surface area contributed by atoms with Crippen molar-refractivity contribution in [2.24, 2.45) is 0 Å². The van der Waals surface area contributed by atoms with Crippen molar-refractivity contribution in [2.45, 2.75) is 50.7 Å². The molecule has 0 aromatic heterocycles. The lowest BCUT2D eigenvalue weighted by Gasteiger charge is -2.47. The van der Waals surface area contributed by atoms with E-state index in [1.54, 1.807) is 0 Å². The lowest BCUT2D eigenvalue weighted by atomic mass is 9.97. The number of piperazine rings is 1. The normalized spacial score (nSPS) is 31.6. The molecule has 3 unspecified atom stereocenters. The van der Waals surface area contributed by atoms with Crippen LogP contribution in [0.3, 0.4) is 0 Å². The van der Waals surface area contributed by atoms with Gasteiger partial charge in [0.25, 0.3) is 0 Å². The molecule has 0 aromatic rings. The first-order valence-electron chi connectivity index (χ1n) is 7.29. The summed E-state index contributed by atoms with van der Waals surface area (Å²) in [5.41, 5.74) is 0. The number of hydrogen-bond acceptors (Lipinski definition) is 4. The molecule has 18 heavy (non-hydrogen) atoms. The second-order valence-electron chi connectivity index (χ2n) is 5.75. The predicted octanol–water partition coefficient (Wildman–Crippen LogP) is 1.05. The molecule has 2 fully saturated rings. The Morgan fingerprint density at radius 2 is 2.22 bits per heavy atom. The second-order valence-corrected chi connectivity index (χ2v) is 5.75. The first kappa shape index (κ1) is 13.8. The first-order chi connectivity index (χ1) is 8.74. The monoisotopic (exact) mass is 250 g/mol. The minimum absolute atomic E-state index is 0.00147. The maximum atomic E-state index is 8.97. The van der Waals surface area contributed by atoms with Gasteiger partial charge < -0.3 is 5.32 Å². The molecule has 3 atom stereocenters. The largest absolute Gasteiger partial charge is 0.305 e. The zero-order valence-electron chi connectivity index (χ0n) is 11.7. The van der Waals surface area contributed by atoms with Gasteiger partial charge in [0, 0.05) is 31.7 Å². The molecular formula is C14H26N4. The van der Waals surface area contributed by atoms with Gasteiger partial charge in [-0.2, -0.15) is 5.26 Å². The minimum atomic E-state index is 0.00147. The molecule has 0 spiro atoms. The van der Waals surface area contributed by atoms with Crippen LogP contribution in [0.2, 0.25) is 0 Å². The summed E-state index contributed by atoms with van der Waals surface area (Å²) in [7, 11) is 1.87. The number of nitrogens with one attached hydrogen (secondary N) is 1. The molecule has 2 heterocycles. The summed E-state index contributed by atoms with van der Waals surface area (Å²) < 4.78 is 0. The molecule has 0 aromatic carbocycles. The maximum absolute atomic E-state index is 8.97. The van der Waals surface area contributed by atoms with Gasteiger partial charge in [-0.3, -0.25) is 9.80 Å². The molecule has 0 bridgehead atoms. The van der Waals surface area contributed by atoms with Crippen LogP contribution in [-0.4, -0.2) is 61.2 Å². The van der Waals surface area contributed by atoms with E-state index < -0.39 is 0 Å². The number of fused-ring (bicyclic) bond motifs is 1. The average Bonchev–Trinajstić information content (AvgIpc) is 2.40. The number of nitrogens with zero attached hydrogens (tertiary/aromatic N) is 3.